The van der Waals surface area contributed by atoms with Crippen LogP contribution in [0.4, 0.5) is 0 Å². The molecule has 1 aliphatic heterocycles. The van der Waals surface area contributed by atoms with Gasteiger partial charge in [0.15, 0.2) is 4.77 Å². The summed E-state index contributed by atoms with van der Waals surface area (Å²) in [6.45, 7) is 0.885. The molecule has 21 heavy (non-hydrogen) atoms. The number of rotatable bonds is 2. The highest BCUT2D eigenvalue weighted by Crippen LogP contribution is 2.23. The number of H-pyrrole nitrogens is 1. The topological polar surface area (TPSA) is 95.3 Å². The van der Waals surface area contributed by atoms with E-state index in [9.17, 15) is 9.59 Å². The van der Waals surface area contributed by atoms with Gasteiger partial charge in [-0.25, -0.2) is 9.59 Å². The fraction of sp³-hybridized carbons (Fsp3) is 0.0714. The molecule has 2 aromatic rings. The van der Waals surface area contributed by atoms with Crippen molar-refractivity contribution in [3.8, 4) is 0 Å². The molecule has 0 fully saturated rings. The number of aromatic amines is 1. The van der Waals surface area contributed by atoms with Crippen LogP contribution < -0.4 is 0 Å². The monoisotopic (exact) mass is 304 g/mol. The van der Waals surface area contributed by atoms with Gasteiger partial charge in [-0.05, 0) is 18.3 Å². The van der Waals surface area contributed by atoms with Crippen LogP contribution in [0.1, 0.15) is 5.56 Å². The van der Waals surface area contributed by atoms with E-state index in [1.165, 1.54) is 11.1 Å². The average Bonchev–Trinajstić information content (AvgIpc) is 2.77. The molecule has 0 spiro atoms. The molecule has 0 aliphatic carbocycles. The van der Waals surface area contributed by atoms with E-state index in [-0.39, 0.29) is 0 Å². The van der Waals surface area contributed by atoms with Gasteiger partial charge < -0.3 is 19.8 Å². The van der Waals surface area contributed by atoms with Gasteiger partial charge in [-0.15, -0.1) is 0 Å². The molecular weight excluding hydrogens is 292 g/mol. The lowest BCUT2D eigenvalue weighted by Crippen LogP contribution is -1.99. The Hall–Kier alpha value is -2.67. The zero-order valence-corrected chi connectivity index (χ0v) is 11.6. The van der Waals surface area contributed by atoms with Crippen molar-refractivity contribution >= 4 is 41.3 Å². The summed E-state index contributed by atoms with van der Waals surface area (Å²) in [5, 5.41) is 15.6. The van der Waals surface area contributed by atoms with Crippen LogP contribution in [0.5, 0.6) is 0 Å². The molecule has 0 saturated heterocycles. The summed E-state index contributed by atoms with van der Waals surface area (Å²) in [6.07, 6.45) is 5.39. The normalized spacial score (nSPS) is 12.2. The van der Waals surface area contributed by atoms with E-state index < -0.39 is 11.9 Å². The van der Waals surface area contributed by atoms with Gasteiger partial charge in [0.05, 0.1) is 11.0 Å². The Morgan fingerprint density at radius 3 is 2.52 bits per heavy atom. The van der Waals surface area contributed by atoms with Crippen LogP contribution in [0, 0.1) is 4.77 Å². The number of para-hydroxylation sites is 1. The minimum absolute atomic E-state index is 0.558. The predicted octanol–water partition coefficient (Wildman–Crippen LogP) is 2.44. The molecule has 108 valence electrons. The smallest absolute Gasteiger partial charge is 0.328 e. The second kappa shape index (κ2) is 6.19. The first-order chi connectivity index (χ1) is 9.99. The average molecular weight is 304 g/mol. The molecule has 0 radical (unpaired) electrons. The SMILES string of the molecule is O=C(O)C=CC(=O)O.S=c1[nH]c2cccc3c2n1CC=C3. The summed E-state index contributed by atoms with van der Waals surface area (Å²) in [6, 6.07) is 6.21. The van der Waals surface area contributed by atoms with Crippen molar-refractivity contribution in [2.75, 3.05) is 0 Å². The first kappa shape index (κ1) is 14.7. The molecule has 0 bridgehead atoms. The molecule has 1 aromatic heterocycles. The molecule has 0 saturated carbocycles. The number of carboxylic acids is 2. The van der Waals surface area contributed by atoms with Gasteiger partial charge >= 0.3 is 11.9 Å². The molecule has 6 nitrogen and oxygen atoms in total. The summed E-state index contributed by atoms with van der Waals surface area (Å²) < 4.78 is 2.94. The van der Waals surface area contributed by atoms with E-state index in [1.54, 1.807) is 0 Å². The fourth-order valence-corrected chi connectivity index (χ4v) is 2.26. The van der Waals surface area contributed by atoms with Crippen LogP contribution in [-0.2, 0) is 16.1 Å². The van der Waals surface area contributed by atoms with Gasteiger partial charge in [-0.2, -0.15) is 0 Å². The van der Waals surface area contributed by atoms with Crippen molar-refractivity contribution in [2.24, 2.45) is 0 Å². The van der Waals surface area contributed by atoms with E-state index in [0.717, 1.165) is 16.8 Å². The summed E-state index contributed by atoms with van der Waals surface area (Å²) in [5.74, 6) is -2.51. The van der Waals surface area contributed by atoms with Crippen molar-refractivity contribution in [3.05, 3.63) is 46.8 Å². The lowest BCUT2D eigenvalue weighted by Gasteiger charge is -2.08. The molecule has 0 unspecified atom stereocenters. The van der Waals surface area contributed by atoms with Gasteiger partial charge in [-0.1, -0.05) is 24.3 Å². The van der Waals surface area contributed by atoms with Crippen LogP contribution >= 0.6 is 12.2 Å². The number of hydrogen-bond acceptors (Lipinski definition) is 3. The number of nitrogens with zero attached hydrogens (tertiary/aromatic N) is 1. The summed E-state index contributed by atoms with van der Waals surface area (Å²) >= 11 is 5.22. The zero-order valence-electron chi connectivity index (χ0n) is 10.8. The van der Waals surface area contributed by atoms with E-state index in [1.807, 2.05) is 6.07 Å². The Labute approximate surface area is 124 Å². The Bertz CT molecular complexity index is 798. The maximum Gasteiger partial charge on any atom is 0.328 e. The number of carbonyl (C=O) groups is 2. The van der Waals surface area contributed by atoms with Crippen LogP contribution in [-0.4, -0.2) is 31.7 Å². The van der Waals surface area contributed by atoms with E-state index in [4.69, 9.17) is 22.4 Å². The van der Waals surface area contributed by atoms with Crippen molar-refractivity contribution in [3.63, 3.8) is 0 Å². The van der Waals surface area contributed by atoms with Gasteiger partial charge in [-0.3, -0.25) is 0 Å². The lowest BCUT2D eigenvalue weighted by molar-refractivity contribution is -0.134. The molecule has 3 N–H and O–H groups in total. The Morgan fingerprint density at radius 1 is 1.24 bits per heavy atom. The molecule has 0 amide bonds. The van der Waals surface area contributed by atoms with Crippen LogP contribution in [0.2, 0.25) is 0 Å². The Balaban J connectivity index is 0.000000177. The van der Waals surface area contributed by atoms with Gasteiger partial charge in [0.25, 0.3) is 0 Å². The lowest BCUT2D eigenvalue weighted by atomic mass is 10.1. The maximum atomic E-state index is 9.55. The third-order valence-electron chi connectivity index (χ3n) is 2.78. The van der Waals surface area contributed by atoms with Crippen LogP contribution in [0.25, 0.3) is 17.1 Å². The van der Waals surface area contributed by atoms with Crippen molar-refractivity contribution in [2.45, 2.75) is 6.54 Å². The number of allylic oxidation sites excluding steroid dienone is 1. The molecule has 2 heterocycles. The number of benzene rings is 1. The minimum atomic E-state index is -1.26. The first-order valence-corrected chi connectivity index (χ1v) is 6.42. The maximum absolute atomic E-state index is 9.55. The molecule has 1 aliphatic rings. The number of nitrogens with one attached hydrogen (secondary N) is 1. The quantitative estimate of drug-likeness (QED) is 0.585. The van der Waals surface area contributed by atoms with Gasteiger partial charge in [0.1, 0.15) is 0 Å². The predicted molar refractivity (Wildman–Crippen MR) is 80.6 cm³/mol. The standard InChI is InChI=1S/C10H8N2S.C4H4O4/c13-10-11-8-5-1-3-7-4-2-6-12(10)9(7)8;5-3(6)1-2-4(7)8/h1-5H,6H2,(H,11,13);1-2H,(H,5,6)(H,7,8). The Kier molecular flexibility index (Phi) is 4.34. The summed E-state index contributed by atoms with van der Waals surface area (Å²) in [7, 11) is 0. The van der Waals surface area contributed by atoms with Crippen molar-refractivity contribution in [1.29, 1.82) is 0 Å². The second-order valence-corrected chi connectivity index (χ2v) is 4.58. The summed E-state index contributed by atoms with van der Waals surface area (Å²) in [4.78, 5) is 22.3. The van der Waals surface area contributed by atoms with Crippen molar-refractivity contribution < 1.29 is 19.8 Å². The second-order valence-electron chi connectivity index (χ2n) is 4.20. The van der Waals surface area contributed by atoms with Crippen molar-refractivity contribution in [1.82, 2.24) is 9.55 Å². The number of carboxylic acid groups (broad SMARTS) is 2. The van der Waals surface area contributed by atoms with E-state index in [0.29, 0.717) is 12.2 Å². The van der Waals surface area contributed by atoms with Gasteiger partial charge in [0, 0.05) is 24.3 Å². The molecule has 3 rings (SSSR count). The third kappa shape index (κ3) is 3.46. The molecule has 0 atom stereocenters. The Morgan fingerprint density at radius 2 is 1.90 bits per heavy atom. The highest BCUT2D eigenvalue weighted by molar-refractivity contribution is 7.71. The third-order valence-corrected chi connectivity index (χ3v) is 3.10. The van der Waals surface area contributed by atoms with Crippen LogP contribution in [0.15, 0.2) is 36.4 Å². The zero-order chi connectivity index (χ0) is 15.4. The molecular formula is C14H12N2O4S. The highest BCUT2D eigenvalue weighted by Gasteiger charge is 2.08. The molecule has 7 heteroatoms. The number of hydrogen-bond donors (Lipinski definition) is 3. The number of aliphatic carboxylic acids is 2. The first-order valence-electron chi connectivity index (χ1n) is 6.01. The largest absolute Gasteiger partial charge is 0.478 e. The fourth-order valence-electron chi connectivity index (χ4n) is 1.98. The van der Waals surface area contributed by atoms with E-state index in [2.05, 4.69) is 33.8 Å². The van der Waals surface area contributed by atoms with Crippen LogP contribution in [0.3, 0.4) is 0 Å². The number of imidazole rings is 1. The highest BCUT2D eigenvalue weighted by atomic mass is 32.1. The number of aromatic nitrogens is 2. The van der Waals surface area contributed by atoms with E-state index >= 15 is 0 Å². The van der Waals surface area contributed by atoms with Gasteiger partial charge in [0.2, 0.25) is 0 Å². The minimum Gasteiger partial charge on any atom is -0.478 e. The molecule has 1 aromatic carbocycles. The summed E-state index contributed by atoms with van der Waals surface area (Å²) in [5.41, 5.74) is 3.61.